The van der Waals surface area contributed by atoms with E-state index < -0.39 is 0 Å². The second-order valence-electron chi connectivity index (χ2n) is 9.55. The van der Waals surface area contributed by atoms with Crippen molar-refractivity contribution in [2.24, 2.45) is 35.5 Å². The Labute approximate surface area is 153 Å². The Morgan fingerprint density at radius 3 is 2.80 bits per heavy atom. The second kappa shape index (κ2) is 6.27. The van der Waals surface area contributed by atoms with Gasteiger partial charge in [0.25, 0.3) is 0 Å². The third-order valence-corrected chi connectivity index (χ3v) is 8.32. The topological polar surface area (TPSA) is 12.0 Å². The maximum absolute atomic E-state index is 3.89. The predicted octanol–water partition coefficient (Wildman–Crippen LogP) is 5.31. The first kappa shape index (κ1) is 16.1. The van der Waals surface area contributed by atoms with Gasteiger partial charge in [-0.2, -0.15) is 0 Å². The van der Waals surface area contributed by atoms with Crippen LogP contribution in [0.1, 0.15) is 57.1 Å². The van der Waals surface area contributed by atoms with E-state index in [-0.39, 0.29) is 0 Å². The summed E-state index contributed by atoms with van der Waals surface area (Å²) in [5.41, 5.74) is 4.72. The van der Waals surface area contributed by atoms with E-state index in [9.17, 15) is 0 Å². The molecule has 5 rings (SSSR count). The summed E-state index contributed by atoms with van der Waals surface area (Å²) in [6.45, 7) is 6.39. The molecule has 1 nitrogen and oxygen atoms in total. The second-order valence-corrected chi connectivity index (χ2v) is 9.55. The molecular formula is C24H33N. The Balaban J connectivity index is 1.34. The highest BCUT2D eigenvalue weighted by atomic mass is 14.9. The molecule has 0 aromatic heterocycles. The molecule has 0 radical (unpaired) electrons. The van der Waals surface area contributed by atoms with E-state index in [2.05, 4.69) is 49.5 Å². The largest absolute Gasteiger partial charge is 0.314 e. The number of hydrogen-bond acceptors (Lipinski definition) is 1. The zero-order chi connectivity index (χ0) is 17.0. The molecule has 1 aliphatic heterocycles. The lowest BCUT2D eigenvalue weighted by Gasteiger charge is -2.48. The third-order valence-electron chi connectivity index (χ3n) is 8.32. The Bertz CT molecular complexity index is 674. The number of rotatable bonds is 2. The van der Waals surface area contributed by atoms with Crippen molar-refractivity contribution in [3.05, 3.63) is 41.0 Å². The molecule has 0 spiro atoms. The molecule has 7 unspecified atom stereocenters. The number of hydrogen-bond donors (Lipinski definition) is 1. The Morgan fingerprint density at radius 2 is 1.92 bits per heavy atom. The van der Waals surface area contributed by atoms with Gasteiger partial charge >= 0.3 is 0 Å². The van der Waals surface area contributed by atoms with E-state index in [1.807, 2.05) is 0 Å². The molecule has 1 N–H and O–H groups in total. The lowest BCUT2D eigenvalue weighted by molar-refractivity contribution is 0.0486. The molecule has 1 heterocycles. The standard InChI is InChI=1S/C24H33N/c1-15-10-22-16(2)20-8-5-9-25-24(20)14-23(22)21(15)13-17-11-18-6-3-4-7-19(18)12-17/h3-4,6-7,11,15-16,20-25H,5,8-10,12-14H2,1-2H3. The van der Waals surface area contributed by atoms with Crippen LogP contribution in [0.15, 0.2) is 29.8 Å². The Morgan fingerprint density at radius 1 is 1.04 bits per heavy atom. The van der Waals surface area contributed by atoms with Gasteiger partial charge in [-0.25, -0.2) is 0 Å². The minimum absolute atomic E-state index is 0.813. The van der Waals surface area contributed by atoms with E-state index in [4.69, 9.17) is 0 Å². The van der Waals surface area contributed by atoms with Gasteiger partial charge in [-0.3, -0.25) is 0 Å². The average molecular weight is 336 g/mol. The lowest BCUT2D eigenvalue weighted by atomic mass is 9.62. The van der Waals surface area contributed by atoms with E-state index in [0.29, 0.717) is 0 Å². The molecule has 25 heavy (non-hydrogen) atoms. The fraction of sp³-hybridized carbons (Fsp3) is 0.667. The van der Waals surface area contributed by atoms with Gasteiger partial charge in [0.15, 0.2) is 0 Å². The molecule has 3 aliphatic carbocycles. The van der Waals surface area contributed by atoms with Crippen LogP contribution in [0.3, 0.4) is 0 Å². The molecule has 1 heteroatoms. The molecule has 2 saturated carbocycles. The summed E-state index contributed by atoms with van der Waals surface area (Å²) in [5.74, 6) is 5.65. The van der Waals surface area contributed by atoms with Crippen molar-refractivity contribution in [3.63, 3.8) is 0 Å². The normalized spacial score (nSPS) is 42.5. The number of benzene rings is 1. The van der Waals surface area contributed by atoms with Crippen LogP contribution in [0.2, 0.25) is 0 Å². The van der Waals surface area contributed by atoms with Crippen LogP contribution in [0.5, 0.6) is 0 Å². The summed E-state index contributed by atoms with van der Waals surface area (Å²) in [6.07, 6.45) is 10.9. The van der Waals surface area contributed by atoms with Crippen LogP contribution in [-0.4, -0.2) is 12.6 Å². The molecule has 1 aromatic carbocycles. The van der Waals surface area contributed by atoms with E-state index in [1.165, 1.54) is 50.6 Å². The number of fused-ring (bicyclic) bond motifs is 3. The van der Waals surface area contributed by atoms with Crippen molar-refractivity contribution in [1.29, 1.82) is 0 Å². The van der Waals surface area contributed by atoms with Crippen molar-refractivity contribution in [2.75, 3.05) is 6.54 Å². The van der Waals surface area contributed by atoms with Gasteiger partial charge in [-0.1, -0.05) is 49.8 Å². The molecule has 0 amide bonds. The highest BCUT2D eigenvalue weighted by Gasteiger charge is 2.50. The van der Waals surface area contributed by atoms with Crippen LogP contribution in [0.25, 0.3) is 6.08 Å². The first-order valence-electron chi connectivity index (χ1n) is 10.7. The Kier molecular flexibility index (Phi) is 4.04. The molecule has 134 valence electrons. The van der Waals surface area contributed by atoms with E-state index in [0.717, 1.165) is 41.5 Å². The minimum Gasteiger partial charge on any atom is -0.314 e. The van der Waals surface area contributed by atoms with Gasteiger partial charge in [-0.05, 0) is 91.7 Å². The van der Waals surface area contributed by atoms with Crippen LogP contribution in [0, 0.1) is 35.5 Å². The van der Waals surface area contributed by atoms with Gasteiger partial charge < -0.3 is 5.32 Å². The molecule has 4 aliphatic rings. The van der Waals surface area contributed by atoms with Crippen molar-refractivity contribution >= 4 is 6.08 Å². The fourth-order valence-electron chi connectivity index (χ4n) is 7.09. The maximum atomic E-state index is 3.89. The summed E-state index contributed by atoms with van der Waals surface area (Å²) in [7, 11) is 0. The fourth-order valence-corrected chi connectivity index (χ4v) is 7.09. The number of allylic oxidation sites excluding steroid dienone is 1. The van der Waals surface area contributed by atoms with Crippen LogP contribution in [-0.2, 0) is 6.42 Å². The van der Waals surface area contributed by atoms with Crippen molar-refractivity contribution < 1.29 is 0 Å². The van der Waals surface area contributed by atoms with E-state index in [1.54, 1.807) is 11.1 Å². The molecule has 7 atom stereocenters. The number of piperidine rings is 1. The van der Waals surface area contributed by atoms with Crippen LogP contribution >= 0.6 is 0 Å². The summed E-state index contributed by atoms with van der Waals surface area (Å²) in [5, 5.41) is 3.89. The zero-order valence-electron chi connectivity index (χ0n) is 15.9. The summed E-state index contributed by atoms with van der Waals surface area (Å²) in [6, 6.07) is 9.81. The minimum atomic E-state index is 0.813. The van der Waals surface area contributed by atoms with Gasteiger partial charge in [0.05, 0.1) is 0 Å². The maximum Gasteiger partial charge on any atom is 0.0101 e. The summed E-state index contributed by atoms with van der Waals surface area (Å²) in [4.78, 5) is 0. The van der Waals surface area contributed by atoms with Crippen LogP contribution in [0.4, 0.5) is 0 Å². The number of nitrogens with one attached hydrogen (secondary N) is 1. The first-order chi connectivity index (χ1) is 12.2. The molecule has 1 saturated heterocycles. The summed E-state index contributed by atoms with van der Waals surface area (Å²) < 4.78 is 0. The first-order valence-corrected chi connectivity index (χ1v) is 10.7. The molecule has 3 fully saturated rings. The zero-order valence-corrected chi connectivity index (χ0v) is 15.9. The molecule has 1 aromatic rings. The van der Waals surface area contributed by atoms with Crippen molar-refractivity contribution in [3.8, 4) is 0 Å². The van der Waals surface area contributed by atoms with Gasteiger partial charge in [0.2, 0.25) is 0 Å². The third kappa shape index (κ3) is 2.70. The van der Waals surface area contributed by atoms with Crippen molar-refractivity contribution in [2.45, 2.75) is 58.4 Å². The van der Waals surface area contributed by atoms with Gasteiger partial charge in [0.1, 0.15) is 0 Å². The Hall–Kier alpha value is -1.08. The van der Waals surface area contributed by atoms with Gasteiger partial charge in [-0.15, -0.1) is 0 Å². The van der Waals surface area contributed by atoms with Crippen LogP contribution < -0.4 is 5.32 Å². The molecular weight excluding hydrogens is 302 g/mol. The summed E-state index contributed by atoms with van der Waals surface area (Å²) >= 11 is 0. The lowest BCUT2D eigenvalue weighted by Crippen LogP contribution is -2.51. The van der Waals surface area contributed by atoms with Crippen molar-refractivity contribution in [1.82, 2.24) is 5.32 Å². The quantitative estimate of drug-likeness (QED) is 0.772. The van der Waals surface area contributed by atoms with E-state index >= 15 is 0 Å². The monoisotopic (exact) mass is 335 g/mol. The average Bonchev–Trinajstić information content (AvgIpc) is 3.17. The smallest absolute Gasteiger partial charge is 0.0101 e. The highest BCUT2D eigenvalue weighted by molar-refractivity contribution is 5.63. The highest BCUT2D eigenvalue weighted by Crippen LogP contribution is 2.56. The SMILES string of the molecule is CC1CC2C(C)C3CCCNC3CC2C1CC1=Cc2ccccc2C1. The van der Waals surface area contributed by atoms with Gasteiger partial charge in [0, 0.05) is 6.04 Å². The molecule has 0 bridgehead atoms. The predicted molar refractivity (Wildman–Crippen MR) is 105 cm³/mol.